The molecule has 104 valence electrons. The number of carboxylic acid groups (broad SMARTS) is 1. The Bertz CT molecular complexity index is 456. The van der Waals surface area contributed by atoms with Crippen LogP contribution < -0.4 is 15.4 Å². The minimum Gasteiger partial charge on any atom is -0.497 e. The van der Waals surface area contributed by atoms with Crippen LogP contribution in [0.3, 0.4) is 0 Å². The van der Waals surface area contributed by atoms with Crippen LogP contribution in [0.2, 0.25) is 0 Å². The highest BCUT2D eigenvalue weighted by Gasteiger charge is 2.20. The van der Waals surface area contributed by atoms with Crippen LogP contribution in [0.5, 0.6) is 5.75 Å². The normalized spacial score (nSPS) is 16.4. The van der Waals surface area contributed by atoms with E-state index in [0.29, 0.717) is 6.42 Å². The van der Waals surface area contributed by atoms with Crippen molar-refractivity contribution in [3.63, 3.8) is 0 Å². The summed E-state index contributed by atoms with van der Waals surface area (Å²) in [6.07, 6.45) is 2.67. The molecule has 1 aliphatic rings. The van der Waals surface area contributed by atoms with Crippen molar-refractivity contribution in [3.05, 3.63) is 23.8 Å². The minimum atomic E-state index is -0.977. The highest BCUT2D eigenvalue weighted by molar-refractivity contribution is 5.74. The summed E-state index contributed by atoms with van der Waals surface area (Å²) in [6.45, 7) is 2.03. The van der Waals surface area contributed by atoms with E-state index in [4.69, 9.17) is 15.6 Å². The predicted molar refractivity (Wildman–Crippen MR) is 73.8 cm³/mol. The molecule has 1 unspecified atom stereocenters. The molecule has 0 bridgehead atoms. The van der Waals surface area contributed by atoms with E-state index in [1.165, 1.54) is 12.8 Å². The molecule has 0 spiro atoms. The lowest BCUT2D eigenvalue weighted by Gasteiger charge is -2.22. The Labute approximate surface area is 113 Å². The van der Waals surface area contributed by atoms with E-state index in [9.17, 15) is 4.79 Å². The van der Waals surface area contributed by atoms with E-state index in [-0.39, 0.29) is 0 Å². The molecule has 3 N–H and O–H groups in total. The summed E-state index contributed by atoms with van der Waals surface area (Å²) in [6, 6.07) is 4.90. The maximum Gasteiger partial charge on any atom is 0.320 e. The van der Waals surface area contributed by atoms with E-state index >= 15 is 0 Å². The van der Waals surface area contributed by atoms with Crippen LogP contribution in [0, 0.1) is 0 Å². The smallest absolute Gasteiger partial charge is 0.320 e. The second-order valence-corrected chi connectivity index (χ2v) is 4.84. The summed E-state index contributed by atoms with van der Waals surface area (Å²) < 4.78 is 5.21. The molecule has 1 fully saturated rings. The highest BCUT2D eigenvalue weighted by Crippen LogP contribution is 2.29. The average molecular weight is 264 g/mol. The Morgan fingerprint density at radius 3 is 2.74 bits per heavy atom. The van der Waals surface area contributed by atoms with Gasteiger partial charge in [0.1, 0.15) is 11.8 Å². The van der Waals surface area contributed by atoms with Crippen molar-refractivity contribution < 1.29 is 14.6 Å². The zero-order chi connectivity index (χ0) is 13.8. The zero-order valence-electron chi connectivity index (χ0n) is 11.1. The van der Waals surface area contributed by atoms with E-state index < -0.39 is 12.0 Å². The van der Waals surface area contributed by atoms with Gasteiger partial charge in [-0.25, -0.2) is 0 Å². The van der Waals surface area contributed by atoms with Crippen LogP contribution >= 0.6 is 0 Å². The van der Waals surface area contributed by atoms with Gasteiger partial charge in [-0.1, -0.05) is 0 Å². The van der Waals surface area contributed by atoms with Crippen molar-refractivity contribution in [2.45, 2.75) is 25.3 Å². The maximum absolute atomic E-state index is 10.9. The molecule has 0 amide bonds. The number of ether oxygens (including phenoxy) is 1. The van der Waals surface area contributed by atoms with Crippen LogP contribution in [0.25, 0.3) is 0 Å². The Morgan fingerprint density at radius 2 is 2.16 bits per heavy atom. The fourth-order valence-corrected chi connectivity index (χ4v) is 2.44. The maximum atomic E-state index is 10.9. The summed E-state index contributed by atoms with van der Waals surface area (Å²) in [7, 11) is 1.60. The second-order valence-electron chi connectivity index (χ2n) is 4.84. The van der Waals surface area contributed by atoms with Gasteiger partial charge < -0.3 is 20.5 Å². The van der Waals surface area contributed by atoms with E-state index in [1.54, 1.807) is 7.11 Å². The number of carboxylic acids is 1. The largest absolute Gasteiger partial charge is 0.497 e. The van der Waals surface area contributed by atoms with E-state index in [1.807, 2.05) is 18.2 Å². The third-order valence-electron chi connectivity index (χ3n) is 3.49. The first kappa shape index (κ1) is 13.7. The zero-order valence-corrected chi connectivity index (χ0v) is 11.1. The Kier molecular flexibility index (Phi) is 4.27. The second kappa shape index (κ2) is 5.93. The Hall–Kier alpha value is -1.75. The molecular weight excluding hydrogens is 244 g/mol. The number of rotatable bonds is 5. The first-order chi connectivity index (χ1) is 9.11. The van der Waals surface area contributed by atoms with Gasteiger partial charge in [0.2, 0.25) is 0 Å². The molecule has 0 aromatic heterocycles. The van der Waals surface area contributed by atoms with Crippen LogP contribution in [0.4, 0.5) is 5.69 Å². The average Bonchev–Trinajstić information content (AvgIpc) is 2.92. The summed E-state index contributed by atoms with van der Waals surface area (Å²) in [5.74, 6) is -0.245. The lowest BCUT2D eigenvalue weighted by Crippen LogP contribution is -2.33. The molecule has 5 heteroatoms. The lowest BCUT2D eigenvalue weighted by atomic mass is 10.0. The molecule has 19 heavy (non-hydrogen) atoms. The van der Waals surface area contributed by atoms with Crippen molar-refractivity contribution in [2.24, 2.45) is 5.73 Å². The van der Waals surface area contributed by atoms with E-state index in [0.717, 1.165) is 30.1 Å². The quantitative estimate of drug-likeness (QED) is 0.837. The van der Waals surface area contributed by atoms with Gasteiger partial charge in [-0.3, -0.25) is 4.79 Å². The predicted octanol–water partition coefficient (Wildman–Crippen LogP) is 1.25. The van der Waals surface area contributed by atoms with Gasteiger partial charge in [-0.05, 0) is 36.6 Å². The number of carbonyl (C=O) groups is 1. The summed E-state index contributed by atoms with van der Waals surface area (Å²) in [5, 5.41) is 8.96. The number of anilines is 1. The van der Waals surface area contributed by atoms with Gasteiger partial charge in [0, 0.05) is 25.2 Å². The monoisotopic (exact) mass is 264 g/mol. The third kappa shape index (κ3) is 3.17. The number of benzene rings is 1. The number of hydrogen-bond acceptors (Lipinski definition) is 4. The van der Waals surface area contributed by atoms with Crippen molar-refractivity contribution in [2.75, 3.05) is 25.1 Å². The first-order valence-corrected chi connectivity index (χ1v) is 6.52. The third-order valence-corrected chi connectivity index (χ3v) is 3.49. The van der Waals surface area contributed by atoms with Crippen LogP contribution in [-0.4, -0.2) is 37.3 Å². The van der Waals surface area contributed by atoms with Crippen molar-refractivity contribution in [1.29, 1.82) is 0 Å². The molecule has 0 aliphatic carbocycles. The number of methoxy groups -OCH3 is 1. The minimum absolute atomic E-state index is 0.318. The fourth-order valence-electron chi connectivity index (χ4n) is 2.44. The first-order valence-electron chi connectivity index (χ1n) is 6.52. The molecule has 1 heterocycles. The fraction of sp³-hybridized carbons (Fsp3) is 0.500. The topological polar surface area (TPSA) is 75.8 Å². The number of nitrogens with two attached hydrogens (primary N) is 1. The SMILES string of the molecule is COc1ccc(N2CCCC2)c(CC(N)C(=O)O)c1. The summed E-state index contributed by atoms with van der Waals surface area (Å²) >= 11 is 0. The molecule has 5 nitrogen and oxygen atoms in total. The van der Waals surface area contributed by atoms with Crippen molar-refractivity contribution in [1.82, 2.24) is 0 Å². The standard InChI is InChI=1S/C14H20N2O3/c1-19-11-4-5-13(16-6-2-3-7-16)10(8-11)9-12(15)14(17)18/h4-5,8,12H,2-3,6-7,9,15H2,1H3,(H,17,18). The molecule has 0 radical (unpaired) electrons. The molecular formula is C14H20N2O3. The Balaban J connectivity index is 2.27. The molecule has 2 rings (SSSR count). The van der Waals surface area contributed by atoms with Gasteiger partial charge in [0.25, 0.3) is 0 Å². The number of aliphatic carboxylic acids is 1. The molecule has 1 aromatic carbocycles. The highest BCUT2D eigenvalue weighted by atomic mass is 16.5. The van der Waals surface area contributed by atoms with E-state index in [2.05, 4.69) is 4.90 Å². The molecule has 1 atom stereocenters. The molecule has 1 saturated heterocycles. The van der Waals surface area contributed by atoms with Crippen LogP contribution in [-0.2, 0) is 11.2 Å². The van der Waals surface area contributed by atoms with Gasteiger partial charge in [0.05, 0.1) is 7.11 Å². The summed E-state index contributed by atoms with van der Waals surface area (Å²) in [5.41, 5.74) is 7.67. The van der Waals surface area contributed by atoms with Crippen molar-refractivity contribution in [3.8, 4) is 5.75 Å². The van der Waals surface area contributed by atoms with Gasteiger partial charge in [0.15, 0.2) is 0 Å². The van der Waals surface area contributed by atoms with Crippen LogP contribution in [0.15, 0.2) is 18.2 Å². The van der Waals surface area contributed by atoms with Gasteiger partial charge in [-0.2, -0.15) is 0 Å². The number of hydrogen-bond donors (Lipinski definition) is 2. The molecule has 1 aromatic rings. The molecule has 0 saturated carbocycles. The van der Waals surface area contributed by atoms with Gasteiger partial charge in [-0.15, -0.1) is 0 Å². The number of nitrogens with zero attached hydrogens (tertiary/aromatic N) is 1. The van der Waals surface area contributed by atoms with Gasteiger partial charge >= 0.3 is 5.97 Å². The lowest BCUT2D eigenvalue weighted by molar-refractivity contribution is -0.138. The van der Waals surface area contributed by atoms with Crippen molar-refractivity contribution >= 4 is 11.7 Å². The Morgan fingerprint density at radius 1 is 1.47 bits per heavy atom. The summed E-state index contributed by atoms with van der Waals surface area (Å²) in [4.78, 5) is 13.2. The molecule has 1 aliphatic heterocycles. The van der Waals surface area contributed by atoms with Crippen LogP contribution in [0.1, 0.15) is 18.4 Å².